The summed E-state index contributed by atoms with van der Waals surface area (Å²) in [5.41, 5.74) is -2.02. The van der Waals surface area contributed by atoms with Gasteiger partial charge in [-0.15, -0.1) is 0 Å². The first kappa shape index (κ1) is 26.1. The Kier molecular flexibility index (Phi) is 7.12. The van der Waals surface area contributed by atoms with Gasteiger partial charge in [-0.25, -0.2) is 0 Å². The van der Waals surface area contributed by atoms with Crippen LogP contribution in [0.15, 0.2) is 36.4 Å². The standard InChI is InChI=1S/C26H29F3O4S/c1-6-24(17-32-24)14-13-20-9-10-21(15-18(20)4)25(7-2,8-3)22-11-12-23(19(5)16-22)33-34(30,31)26(27,28)29/h9-12,15-16H,6-8,17H2,1-5H3. The van der Waals surface area contributed by atoms with Gasteiger partial charge in [0.1, 0.15) is 5.75 Å². The Bertz CT molecular complexity index is 1230. The Hall–Kier alpha value is -2.50. The fourth-order valence-electron chi connectivity index (χ4n) is 4.17. The minimum Gasteiger partial charge on any atom is -0.376 e. The predicted molar refractivity (Wildman–Crippen MR) is 125 cm³/mol. The third kappa shape index (κ3) is 4.96. The maximum Gasteiger partial charge on any atom is 0.534 e. The monoisotopic (exact) mass is 494 g/mol. The number of epoxide rings is 1. The van der Waals surface area contributed by atoms with Crippen molar-refractivity contribution in [2.24, 2.45) is 0 Å². The van der Waals surface area contributed by atoms with Crippen LogP contribution in [0.25, 0.3) is 0 Å². The van der Waals surface area contributed by atoms with Crippen LogP contribution in [0.1, 0.15) is 67.9 Å². The lowest BCUT2D eigenvalue weighted by Gasteiger charge is -2.34. The molecular formula is C26H29F3O4S. The lowest BCUT2D eigenvalue weighted by molar-refractivity contribution is -0.0500. The van der Waals surface area contributed by atoms with Gasteiger partial charge in [-0.3, -0.25) is 0 Å². The highest BCUT2D eigenvalue weighted by Crippen LogP contribution is 2.41. The molecule has 0 N–H and O–H groups in total. The third-order valence-corrected chi connectivity index (χ3v) is 7.65. The quantitative estimate of drug-likeness (QED) is 0.200. The van der Waals surface area contributed by atoms with Crippen LogP contribution < -0.4 is 4.18 Å². The van der Waals surface area contributed by atoms with Gasteiger partial charge in [0.2, 0.25) is 0 Å². The maximum atomic E-state index is 12.7. The van der Waals surface area contributed by atoms with Crippen LogP contribution in [0, 0.1) is 25.7 Å². The number of hydrogen-bond donors (Lipinski definition) is 0. The van der Waals surface area contributed by atoms with Gasteiger partial charge in [-0.2, -0.15) is 21.6 Å². The van der Waals surface area contributed by atoms with Crippen molar-refractivity contribution in [2.45, 2.75) is 70.4 Å². The van der Waals surface area contributed by atoms with E-state index in [9.17, 15) is 21.6 Å². The number of hydrogen-bond acceptors (Lipinski definition) is 4. The number of aryl methyl sites for hydroxylation is 2. The molecule has 0 aromatic heterocycles. The zero-order chi connectivity index (χ0) is 25.4. The molecule has 2 aromatic carbocycles. The van der Waals surface area contributed by atoms with Gasteiger partial charge in [-0.05, 0) is 67.5 Å². The molecule has 8 heteroatoms. The molecule has 0 saturated carbocycles. The number of halogens is 3. The van der Waals surface area contributed by atoms with E-state index in [0.29, 0.717) is 12.2 Å². The summed E-state index contributed by atoms with van der Waals surface area (Å²) in [6.07, 6.45) is 2.32. The molecule has 1 saturated heterocycles. The van der Waals surface area contributed by atoms with E-state index in [4.69, 9.17) is 4.74 Å². The average molecular weight is 495 g/mol. The molecule has 1 fully saturated rings. The second-order valence-corrected chi connectivity index (χ2v) is 10.2. The summed E-state index contributed by atoms with van der Waals surface area (Å²) in [6.45, 7) is 10.3. The normalized spacial score (nSPS) is 18.2. The van der Waals surface area contributed by atoms with Crippen LogP contribution in [0.5, 0.6) is 5.75 Å². The molecule has 0 bridgehead atoms. The molecule has 1 aliphatic rings. The molecule has 184 valence electrons. The molecule has 1 atom stereocenters. The lowest BCUT2D eigenvalue weighted by atomic mass is 9.70. The Labute approximate surface area is 199 Å². The molecule has 3 rings (SSSR count). The number of rotatable bonds is 7. The molecule has 4 nitrogen and oxygen atoms in total. The molecule has 1 unspecified atom stereocenters. The Balaban J connectivity index is 1.98. The van der Waals surface area contributed by atoms with Crippen LogP contribution in [0.2, 0.25) is 0 Å². The number of ether oxygens (including phenoxy) is 1. The summed E-state index contributed by atoms with van der Waals surface area (Å²) < 4.78 is 70.9. The summed E-state index contributed by atoms with van der Waals surface area (Å²) in [5.74, 6) is 6.12. The van der Waals surface area contributed by atoms with Gasteiger partial charge in [0.05, 0.1) is 6.61 Å². The second kappa shape index (κ2) is 9.27. The number of benzene rings is 2. The highest BCUT2D eigenvalue weighted by atomic mass is 32.2. The van der Waals surface area contributed by atoms with E-state index in [-0.39, 0.29) is 11.4 Å². The van der Waals surface area contributed by atoms with Crippen molar-refractivity contribution >= 4 is 10.1 Å². The van der Waals surface area contributed by atoms with E-state index in [1.165, 1.54) is 13.0 Å². The fourth-order valence-corrected chi connectivity index (χ4v) is 4.69. The third-order valence-electron chi connectivity index (χ3n) is 6.69. The van der Waals surface area contributed by atoms with Gasteiger partial charge >= 0.3 is 15.6 Å². The van der Waals surface area contributed by atoms with Gasteiger partial charge in [0, 0.05) is 11.0 Å². The summed E-state index contributed by atoms with van der Waals surface area (Å²) >= 11 is 0. The van der Waals surface area contributed by atoms with E-state index < -0.39 is 21.0 Å². The molecule has 0 spiro atoms. The van der Waals surface area contributed by atoms with Crippen molar-refractivity contribution in [3.8, 4) is 17.6 Å². The highest BCUT2D eigenvalue weighted by Gasteiger charge is 2.48. The van der Waals surface area contributed by atoms with Crippen LogP contribution in [-0.4, -0.2) is 26.1 Å². The summed E-state index contributed by atoms with van der Waals surface area (Å²) in [7, 11) is -5.73. The summed E-state index contributed by atoms with van der Waals surface area (Å²) in [4.78, 5) is 0. The van der Waals surface area contributed by atoms with Crippen molar-refractivity contribution in [3.05, 3.63) is 64.2 Å². The van der Waals surface area contributed by atoms with Crippen LogP contribution >= 0.6 is 0 Å². The van der Waals surface area contributed by atoms with E-state index in [1.807, 2.05) is 26.0 Å². The van der Waals surface area contributed by atoms with Crippen molar-refractivity contribution in [2.75, 3.05) is 6.61 Å². The Morgan fingerprint density at radius 1 is 1.00 bits per heavy atom. The molecule has 1 aliphatic heterocycles. The summed E-state index contributed by atoms with van der Waals surface area (Å²) in [5, 5.41) is 0. The van der Waals surface area contributed by atoms with Crippen molar-refractivity contribution < 1.29 is 30.5 Å². The number of alkyl halides is 3. The molecule has 1 heterocycles. The fraction of sp³-hybridized carbons (Fsp3) is 0.462. The molecule has 0 radical (unpaired) electrons. The van der Waals surface area contributed by atoms with Gasteiger partial charge in [0.25, 0.3) is 0 Å². The van der Waals surface area contributed by atoms with Gasteiger partial charge in [-0.1, -0.05) is 56.9 Å². The first-order valence-corrected chi connectivity index (χ1v) is 12.6. The topological polar surface area (TPSA) is 55.9 Å². The van der Waals surface area contributed by atoms with Crippen LogP contribution in [0.4, 0.5) is 13.2 Å². The first-order valence-electron chi connectivity index (χ1n) is 11.2. The molecular weight excluding hydrogens is 465 g/mol. The van der Waals surface area contributed by atoms with E-state index in [0.717, 1.165) is 41.5 Å². The zero-order valence-corrected chi connectivity index (χ0v) is 20.8. The largest absolute Gasteiger partial charge is 0.534 e. The van der Waals surface area contributed by atoms with Gasteiger partial charge < -0.3 is 8.92 Å². The lowest BCUT2D eigenvalue weighted by Crippen LogP contribution is -2.29. The van der Waals surface area contributed by atoms with Crippen molar-refractivity contribution in [1.82, 2.24) is 0 Å². The van der Waals surface area contributed by atoms with Crippen LogP contribution in [-0.2, 0) is 20.3 Å². The SMILES string of the molecule is CCC1(C#Cc2ccc(C(CC)(CC)c3ccc(OS(=O)(=O)C(F)(F)F)c(C)c3)cc2C)CO1. The smallest absolute Gasteiger partial charge is 0.376 e. The second-order valence-electron chi connectivity index (χ2n) is 8.67. The summed E-state index contributed by atoms with van der Waals surface area (Å²) in [6, 6.07) is 10.7. The Morgan fingerprint density at radius 2 is 1.56 bits per heavy atom. The van der Waals surface area contributed by atoms with E-state index in [2.05, 4.69) is 35.9 Å². The minimum absolute atomic E-state index is 0.310. The molecule has 2 aromatic rings. The van der Waals surface area contributed by atoms with Crippen molar-refractivity contribution in [3.63, 3.8) is 0 Å². The molecule has 0 amide bonds. The predicted octanol–water partition coefficient (Wildman–Crippen LogP) is 6.17. The average Bonchev–Trinajstić information content (AvgIpc) is 3.56. The highest BCUT2D eigenvalue weighted by molar-refractivity contribution is 7.88. The van der Waals surface area contributed by atoms with Crippen LogP contribution in [0.3, 0.4) is 0 Å². The van der Waals surface area contributed by atoms with Crippen molar-refractivity contribution in [1.29, 1.82) is 0 Å². The van der Waals surface area contributed by atoms with E-state index in [1.54, 1.807) is 12.1 Å². The van der Waals surface area contributed by atoms with E-state index >= 15 is 0 Å². The molecule has 34 heavy (non-hydrogen) atoms. The Morgan fingerprint density at radius 3 is 2.00 bits per heavy atom. The maximum absolute atomic E-state index is 12.7. The molecule has 0 aliphatic carbocycles. The first-order chi connectivity index (χ1) is 15.8. The van der Waals surface area contributed by atoms with Gasteiger partial charge in [0.15, 0.2) is 5.60 Å². The zero-order valence-electron chi connectivity index (χ0n) is 20.0. The minimum atomic E-state index is -5.73.